The summed E-state index contributed by atoms with van der Waals surface area (Å²) in [5.74, 6) is 0.294. The van der Waals surface area contributed by atoms with Crippen molar-refractivity contribution >= 4 is 11.8 Å². The minimum atomic E-state index is -0.398. The number of hydrogen-bond acceptors (Lipinski definition) is 5. The van der Waals surface area contributed by atoms with Crippen molar-refractivity contribution in [2.45, 2.75) is 25.2 Å². The van der Waals surface area contributed by atoms with Gasteiger partial charge in [0.05, 0.1) is 27.2 Å². The molecule has 34 heavy (non-hydrogen) atoms. The van der Waals surface area contributed by atoms with E-state index < -0.39 is 11.7 Å². The van der Waals surface area contributed by atoms with Crippen molar-refractivity contribution in [1.82, 2.24) is 9.80 Å². The average Bonchev–Trinajstić information content (AvgIpc) is 3.33. The Morgan fingerprint density at radius 3 is 2.03 bits per heavy atom. The maximum atomic E-state index is 13.6. The number of rotatable bonds is 6. The first kappa shape index (κ1) is 23.9. The second kappa shape index (κ2) is 10.3. The number of carbonyl (C=O) groups excluding carboxylic acids is 2. The number of carbonyl (C=O) groups is 2. The number of amides is 2. The van der Waals surface area contributed by atoms with Crippen molar-refractivity contribution in [3.8, 4) is 17.2 Å². The van der Waals surface area contributed by atoms with Crippen LogP contribution in [0.3, 0.4) is 0 Å². The van der Waals surface area contributed by atoms with Gasteiger partial charge in [-0.15, -0.1) is 0 Å². The summed E-state index contributed by atoms with van der Waals surface area (Å²) in [7, 11) is 4.65. The third-order valence-electron chi connectivity index (χ3n) is 6.80. The van der Waals surface area contributed by atoms with Gasteiger partial charge in [-0.1, -0.05) is 0 Å². The van der Waals surface area contributed by atoms with E-state index in [9.17, 15) is 14.0 Å². The van der Waals surface area contributed by atoms with Crippen LogP contribution in [0.25, 0.3) is 0 Å². The Balaban J connectivity index is 1.69. The minimum Gasteiger partial charge on any atom is -0.493 e. The van der Waals surface area contributed by atoms with E-state index in [4.69, 9.17) is 14.2 Å². The normalized spacial score (nSPS) is 20.2. The van der Waals surface area contributed by atoms with Gasteiger partial charge in [0.2, 0.25) is 11.7 Å². The molecule has 0 radical (unpaired) electrons. The van der Waals surface area contributed by atoms with Gasteiger partial charge in [0, 0.05) is 37.7 Å². The molecule has 0 spiro atoms. The molecule has 8 heteroatoms. The molecule has 7 nitrogen and oxygen atoms in total. The predicted octanol–water partition coefficient (Wildman–Crippen LogP) is 3.72. The second-order valence-corrected chi connectivity index (χ2v) is 8.77. The molecule has 2 atom stereocenters. The van der Waals surface area contributed by atoms with Gasteiger partial charge < -0.3 is 24.0 Å². The number of likely N-dealkylation sites (tertiary alicyclic amines) is 2. The van der Waals surface area contributed by atoms with Gasteiger partial charge in [-0.05, 0) is 61.2 Å². The fraction of sp³-hybridized carbons (Fsp3) is 0.462. The van der Waals surface area contributed by atoms with E-state index in [-0.39, 0.29) is 17.7 Å². The Morgan fingerprint density at radius 2 is 1.47 bits per heavy atom. The summed E-state index contributed by atoms with van der Waals surface area (Å²) in [5, 5.41) is 0. The summed E-state index contributed by atoms with van der Waals surface area (Å²) in [6, 6.07) is 9.22. The Bertz CT molecular complexity index is 1010. The lowest BCUT2D eigenvalue weighted by atomic mass is 9.87. The summed E-state index contributed by atoms with van der Waals surface area (Å²) in [6.07, 6.45) is 3.11. The molecule has 0 N–H and O–H groups in total. The fourth-order valence-electron chi connectivity index (χ4n) is 5.00. The Hall–Kier alpha value is -3.29. The van der Waals surface area contributed by atoms with Crippen molar-refractivity contribution in [1.29, 1.82) is 0 Å². The summed E-state index contributed by atoms with van der Waals surface area (Å²) in [5.41, 5.74) is 1.25. The summed E-state index contributed by atoms with van der Waals surface area (Å²) >= 11 is 0. The number of hydrogen-bond donors (Lipinski definition) is 0. The topological polar surface area (TPSA) is 68.3 Å². The van der Waals surface area contributed by atoms with Crippen molar-refractivity contribution in [3.63, 3.8) is 0 Å². The van der Waals surface area contributed by atoms with Crippen LogP contribution in [-0.2, 0) is 4.79 Å². The third kappa shape index (κ3) is 4.67. The highest BCUT2D eigenvalue weighted by Crippen LogP contribution is 2.44. The second-order valence-electron chi connectivity index (χ2n) is 8.77. The fourth-order valence-corrected chi connectivity index (χ4v) is 5.00. The molecule has 2 aromatic rings. The molecule has 2 saturated heterocycles. The standard InChI is InChI=1S/C26H31FN2O5/c1-32-22-13-18(14-23(33-2)24(22)34-3)20-15-29(25(30)17-7-9-19(27)10-8-17)16-21(20)26(31)28-11-5-4-6-12-28/h7-10,13-14,20-21H,4-6,11-12,15-16H2,1-3H3/t20-,21+/m1/s1. The highest BCUT2D eigenvalue weighted by molar-refractivity contribution is 5.95. The van der Waals surface area contributed by atoms with Crippen molar-refractivity contribution in [2.75, 3.05) is 47.5 Å². The van der Waals surface area contributed by atoms with Gasteiger partial charge in [-0.25, -0.2) is 4.39 Å². The highest BCUT2D eigenvalue weighted by Gasteiger charge is 2.43. The molecule has 2 fully saturated rings. The van der Waals surface area contributed by atoms with Crippen LogP contribution in [0.15, 0.2) is 36.4 Å². The molecule has 0 saturated carbocycles. The number of piperidine rings is 1. The molecule has 2 heterocycles. The molecule has 4 rings (SSSR count). The maximum absolute atomic E-state index is 13.6. The summed E-state index contributed by atoms with van der Waals surface area (Å²) in [4.78, 5) is 30.5. The minimum absolute atomic E-state index is 0.0628. The molecule has 2 aromatic carbocycles. The van der Waals surface area contributed by atoms with E-state index in [1.807, 2.05) is 17.0 Å². The molecule has 2 aliphatic heterocycles. The van der Waals surface area contributed by atoms with E-state index in [2.05, 4.69) is 0 Å². The molecular weight excluding hydrogens is 439 g/mol. The van der Waals surface area contributed by atoms with E-state index in [1.165, 1.54) is 24.3 Å². The first-order valence-electron chi connectivity index (χ1n) is 11.6. The summed E-state index contributed by atoms with van der Waals surface area (Å²) in [6.45, 7) is 2.14. The van der Waals surface area contributed by atoms with Gasteiger partial charge in [0.15, 0.2) is 11.5 Å². The van der Waals surface area contributed by atoms with Gasteiger partial charge in [0.25, 0.3) is 5.91 Å². The zero-order valence-electron chi connectivity index (χ0n) is 19.9. The largest absolute Gasteiger partial charge is 0.493 e. The number of halogens is 1. The zero-order chi connectivity index (χ0) is 24.2. The van der Waals surface area contributed by atoms with Crippen molar-refractivity contribution in [2.24, 2.45) is 5.92 Å². The molecule has 0 unspecified atom stereocenters. The van der Waals surface area contributed by atoms with Crippen LogP contribution in [0.2, 0.25) is 0 Å². The van der Waals surface area contributed by atoms with Crippen LogP contribution >= 0.6 is 0 Å². The van der Waals surface area contributed by atoms with Crippen molar-refractivity contribution in [3.05, 3.63) is 53.3 Å². The lowest BCUT2D eigenvalue weighted by Gasteiger charge is -2.31. The first-order valence-corrected chi connectivity index (χ1v) is 11.6. The maximum Gasteiger partial charge on any atom is 0.253 e. The monoisotopic (exact) mass is 470 g/mol. The Morgan fingerprint density at radius 1 is 0.853 bits per heavy atom. The van der Waals surface area contributed by atoms with Gasteiger partial charge in [-0.2, -0.15) is 0 Å². The zero-order valence-corrected chi connectivity index (χ0v) is 19.9. The lowest BCUT2D eigenvalue weighted by molar-refractivity contribution is -0.136. The molecule has 0 aliphatic carbocycles. The number of benzene rings is 2. The molecule has 0 bridgehead atoms. The molecule has 0 aromatic heterocycles. The van der Waals surface area contributed by atoms with E-state index in [0.717, 1.165) is 37.9 Å². The van der Waals surface area contributed by atoms with Crippen LogP contribution in [0.4, 0.5) is 4.39 Å². The van der Waals surface area contributed by atoms with E-state index in [1.54, 1.807) is 26.2 Å². The van der Waals surface area contributed by atoms with Crippen molar-refractivity contribution < 1.29 is 28.2 Å². The third-order valence-corrected chi connectivity index (χ3v) is 6.80. The first-order chi connectivity index (χ1) is 16.5. The number of nitrogens with zero attached hydrogens (tertiary/aromatic N) is 2. The van der Waals surface area contributed by atoms with Gasteiger partial charge in [0.1, 0.15) is 5.82 Å². The smallest absolute Gasteiger partial charge is 0.253 e. The summed E-state index contributed by atoms with van der Waals surface area (Å²) < 4.78 is 29.9. The Labute approximate surface area is 199 Å². The van der Waals surface area contributed by atoms with Crippen LogP contribution in [0.5, 0.6) is 17.2 Å². The SMILES string of the molecule is COc1cc([C@H]2CN(C(=O)c3ccc(F)cc3)C[C@@H]2C(=O)N2CCCCC2)cc(OC)c1OC. The lowest BCUT2D eigenvalue weighted by Crippen LogP contribution is -2.42. The number of methoxy groups -OCH3 is 3. The predicted molar refractivity (Wildman–Crippen MR) is 125 cm³/mol. The molecule has 2 amide bonds. The quantitative estimate of drug-likeness (QED) is 0.644. The molecule has 2 aliphatic rings. The highest BCUT2D eigenvalue weighted by atomic mass is 19.1. The van der Waals surface area contributed by atoms with Gasteiger partial charge >= 0.3 is 0 Å². The van der Waals surface area contributed by atoms with Crippen LogP contribution in [0.1, 0.15) is 41.1 Å². The van der Waals surface area contributed by atoms with E-state index >= 15 is 0 Å². The Kier molecular flexibility index (Phi) is 7.24. The average molecular weight is 471 g/mol. The van der Waals surface area contributed by atoms with E-state index in [0.29, 0.717) is 35.9 Å². The molecular formula is C26H31FN2O5. The van der Waals surface area contributed by atoms with Crippen LogP contribution < -0.4 is 14.2 Å². The number of ether oxygens (including phenoxy) is 3. The van der Waals surface area contributed by atoms with Crippen LogP contribution in [0, 0.1) is 11.7 Å². The van der Waals surface area contributed by atoms with Crippen LogP contribution in [-0.4, -0.2) is 69.1 Å². The molecule has 182 valence electrons. The van der Waals surface area contributed by atoms with Gasteiger partial charge in [-0.3, -0.25) is 9.59 Å².